The van der Waals surface area contributed by atoms with Crippen molar-refractivity contribution in [3.63, 3.8) is 0 Å². The van der Waals surface area contributed by atoms with Gasteiger partial charge >= 0.3 is 0 Å². The Labute approximate surface area is 160 Å². The van der Waals surface area contributed by atoms with Gasteiger partial charge in [-0.1, -0.05) is 53.7 Å². The van der Waals surface area contributed by atoms with Crippen LogP contribution in [-0.4, -0.2) is 20.0 Å². The standard InChI is InChI=1S/C20H15ClN4S/c21-18-5-2-1-4-16(18)14-26-20-11-10-19(23-24-20)15-6-8-17(9-7-15)25-13-3-12-22-25/h1-13H,14H2. The Morgan fingerprint density at radius 2 is 1.73 bits per heavy atom. The third-order valence-electron chi connectivity index (χ3n) is 3.91. The van der Waals surface area contributed by atoms with Gasteiger partial charge < -0.3 is 0 Å². The molecule has 26 heavy (non-hydrogen) atoms. The first kappa shape index (κ1) is 16.8. The monoisotopic (exact) mass is 378 g/mol. The number of halogens is 1. The zero-order valence-electron chi connectivity index (χ0n) is 13.8. The highest BCUT2D eigenvalue weighted by Gasteiger charge is 2.05. The maximum absolute atomic E-state index is 6.19. The molecule has 0 amide bonds. The summed E-state index contributed by atoms with van der Waals surface area (Å²) in [5.74, 6) is 0.770. The van der Waals surface area contributed by atoms with Crippen LogP contribution in [0.4, 0.5) is 0 Å². The Bertz CT molecular complexity index is 983. The van der Waals surface area contributed by atoms with Gasteiger partial charge in [0.2, 0.25) is 0 Å². The average molecular weight is 379 g/mol. The summed E-state index contributed by atoms with van der Waals surface area (Å²) in [7, 11) is 0. The average Bonchev–Trinajstić information content (AvgIpc) is 3.23. The molecule has 0 spiro atoms. The summed E-state index contributed by atoms with van der Waals surface area (Å²) in [6.07, 6.45) is 3.68. The first-order valence-corrected chi connectivity index (χ1v) is 9.46. The summed E-state index contributed by atoms with van der Waals surface area (Å²) in [4.78, 5) is 0. The van der Waals surface area contributed by atoms with Crippen molar-refractivity contribution in [2.45, 2.75) is 10.8 Å². The lowest BCUT2D eigenvalue weighted by Gasteiger charge is -2.05. The molecule has 2 heterocycles. The van der Waals surface area contributed by atoms with Crippen LogP contribution in [0, 0.1) is 0 Å². The highest BCUT2D eigenvalue weighted by Crippen LogP contribution is 2.26. The molecule has 2 aromatic carbocycles. The summed E-state index contributed by atoms with van der Waals surface area (Å²) >= 11 is 7.81. The molecule has 0 N–H and O–H groups in total. The first-order valence-electron chi connectivity index (χ1n) is 8.10. The Kier molecular flexibility index (Phi) is 5.00. The molecule has 0 saturated carbocycles. The van der Waals surface area contributed by atoms with Gasteiger partial charge in [0, 0.05) is 28.7 Å². The van der Waals surface area contributed by atoms with E-state index in [0.29, 0.717) is 0 Å². The quantitative estimate of drug-likeness (QED) is 0.443. The van der Waals surface area contributed by atoms with Crippen molar-refractivity contribution >= 4 is 23.4 Å². The van der Waals surface area contributed by atoms with Gasteiger partial charge in [-0.25, -0.2) is 4.68 Å². The van der Waals surface area contributed by atoms with Crippen molar-refractivity contribution in [3.8, 4) is 16.9 Å². The lowest BCUT2D eigenvalue weighted by atomic mass is 10.1. The molecule has 0 unspecified atom stereocenters. The van der Waals surface area contributed by atoms with Crippen molar-refractivity contribution in [1.82, 2.24) is 20.0 Å². The van der Waals surface area contributed by atoms with Crippen LogP contribution in [0.25, 0.3) is 16.9 Å². The Morgan fingerprint density at radius 1 is 0.885 bits per heavy atom. The largest absolute Gasteiger partial charge is 0.241 e. The van der Waals surface area contributed by atoms with Gasteiger partial charge in [-0.2, -0.15) is 5.10 Å². The van der Waals surface area contributed by atoms with Crippen molar-refractivity contribution < 1.29 is 0 Å². The van der Waals surface area contributed by atoms with E-state index in [1.165, 1.54) is 0 Å². The van der Waals surface area contributed by atoms with Crippen LogP contribution in [0.5, 0.6) is 0 Å². The topological polar surface area (TPSA) is 43.6 Å². The molecule has 4 rings (SSSR count). The molecule has 0 radical (unpaired) electrons. The molecule has 4 aromatic rings. The number of rotatable bonds is 5. The van der Waals surface area contributed by atoms with Crippen molar-refractivity contribution in [2.75, 3.05) is 0 Å². The fraction of sp³-hybridized carbons (Fsp3) is 0.0500. The van der Waals surface area contributed by atoms with E-state index < -0.39 is 0 Å². The maximum Gasteiger partial charge on any atom is 0.119 e. The number of aromatic nitrogens is 4. The third-order valence-corrected chi connectivity index (χ3v) is 5.24. The minimum atomic E-state index is 0.770. The van der Waals surface area contributed by atoms with E-state index in [9.17, 15) is 0 Å². The molecule has 4 nitrogen and oxygen atoms in total. The lowest BCUT2D eigenvalue weighted by Crippen LogP contribution is -1.94. The maximum atomic E-state index is 6.19. The summed E-state index contributed by atoms with van der Waals surface area (Å²) in [6.45, 7) is 0. The van der Waals surface area contributed by atoms with Crippen LogP contribution in [0.15, 0.2) is 84.1 Å². The zero-order chi connectivity index (χ0) is 17.8. The minimum absolute atomic E-state index is 0.770. The molecule has 2 aromatic heterocycles. The second-order valence-corrected chi connectivity index (χ2v) is 7.04. The smallest absolute Gasteiger partial charge is 0.119 e. The third kappa shape index (κ3) is 3.79. The first-order chi connectivity index (χ1) is 12.8. The van der Waals surface area contributed by atoms with Crippen LogP contribution in [0.1, 0.15) is 5.56 Å². The van der Waals surface area contributed by atoms with Crippen LogP contribution in [0.3, 0.4) is 0 Å². The van der Waals surface area contributed by atoms with Crippen molar-refractivity contribution in [1.29, 1.82) is 0 Å². The van der Waals surface area contributed by atoms with Crippen LogP contribution < -0.4 is 0 Å². The molecule has 0 aliphatic rings. The molecule has 0 aliphatic heterocycles. The van der Waals surface area contributed by atoms with Gasteiger partial charge in [0.25, 0.3) is 0 Å². The Balaban J connectivity index is 1.45. The number of hydrogen-bond acceptors (Lipinski definition) is 4. The molecular weight excluding hydrogens is 364 g/mol. The van der Waals surface area contributed by atoms with Gasteiger partial charge in [-0.3, -0.25) is 0 Å². The molecule has 6 heteroatoms. The van der Waals surface area contributed by atoms with Gasteiger partial charge in [0.05, 0.1) is 11.4 Å². The fourth-order valence-electron chi connectivity index (χ4n) is 2.52. The van der Waals surface area contributed by atoms with E-state index >= 15 is 0 Å². The summed E-state index contributed by atoms with van der Waals surface area (Å²) in [5.41, 5.74) is 3.98. The number of benzene rings is 2. The predicted molar refractivity (Wildman–Crippen MR) is 106 cm³/mol. The second-order valence-electron chi connectivity index (χ2n) is 5.63. The summed E-state index contributed by atoms with van der Waals surface area (Å²) in [5, 5.41) is 14.6. The number of thioether (sulfide) groups is 1. The SMILES string of the molecule is Clc1ccccc1CSc1ccc(-c2ccc(-n3cccn3)cc2)nn1. The van der Waals surface area contributed by atoms with E-state index in [-0.39, 0.29) is 0 Å². The minimum Gasteiger partial charge on any atom is -0.241 e. The number of hydrogen-bond donors (Lipinski definition) is 0. The molecule has 0 atom stereocenters. The highest BCUT2D eigenvalue weighted by molar-refractivity contribution is 7.98. The number of nitrogens with zero attached hydrogens (tertiary/aromatic N) is 4. The Morgan fingerprint density at radius 3 is 2.42 bits per heavy atom. The van der Waals surface area contributed by atoms with Gasteiger partial charge in [-0.15, -0.1) is 10.2 Å². The molecule has 0 aliphatic carbocycles. The van der Waals surface area contributed by atoms with Crippen LogP contribution in [0.2, 0.25) is 5.02 Å². The lowest BCUT2D eigenvalue weighted by molar-refractivity contribution is 0.880. The van der Waals surface area contributed by atoms with Gasteiger partial charge in [0.1, 0.15) is 5.03 Å². The Hall–Kier alpha value is -2.63. The molecule has 0 fully saturated rings. The van der Waals surface area contributed by atoms with Gasteiger partial charge in [-0.05, 0) is 42.0 Å². The fourth-order valence-corrected chi connectivity index (χ4v) is 3.62. The van der Waals surface area contributed by atoms with E-state index in [0.717, 1.165) is 38.3 Å². The molecule has 0 saturated heterocycles. The van der Waals surface area contributed by atoms with E-state index in [4.69, 9.17) is 11.6 Å². The normalized spacial score (nSPS) is 10.8. The van der Waals surface area contributed by atoms with Crippen molar-refractivity contribution in [3.05, 3.63) is 89.7 Å². The van der Waals surface area contributed by atoms with E-state index in [1.54, 1.807) is 18.0 Å². The predicted octanol–water partition coefficient (Wildman–Crippen LogP) is 5.28. The molecule has 128 valence electrons. The van der Waals surface area contributed by atoms with E-state index in [1.807, 2.05) is 77.6 Å². The van der Waals surface area contributed by atoms with Gasteiger partial charge in [0.15, 0.2) is 0 Å². The van der Waals surface area contributed by atoms with Crippen LogP contribution >= 0.6 is 23.4 Å². The molecular formula is C20H15ClN4S. The van der Waals surface area contributed by atoms with E-state index in [2.05, 4.69) is 15.3 Å². The summed E-state index contributed by atoms with van der Waals surface area (Å²) in [6, 6.07) is 21.8. The van der Waals surface area contributed by atoms with Crippen molar-refractivity contribution in [2.24, 2.45) is 0 Å². The highest BCUT2D eigenvalue weighted by atomic mass is 35.5. The molecule has 0 bridgehead atoms. The zero-order valence-corrected chi connectivity index (χ0v) is 15.4. The second kappa shape index (κ2) is 7.72. The van der Waals surface area contributed by atoms with Crippen LogP contribution in [-0.2, 0) is 5.75 Å². The summed E-state index contributed by atoms with van der Waals surface area (Å²) < 4.78 is 1.82.